The van der Waals surface area contributed by atoms with Crippen LogP contribution in [0.25, 0.3) is 0 Å². The molecule has 0 spiro atoms. The Balaban J connectivity index is 2.32. The van der Waals surface area contributed by atoms with Crippen LogP contribution in [0.3, 0.4) is 0 Å². The van der Waals surface area contributed by atoms with E-state index in [-0.39, 0.29) is 12.5 Å². The molecule has 18 heavy (non-hydrogen) atoms. The molecule has 1 N–H and O–H groups in total. The summed E-state index contributed by atoms with van der Waals surface area (Å²) in [6.45, 7) is 4.38. The van der Waals surface area contributed by atoms with Crippen LogP contribution in [0, 0.1) is 6.92 Å². The van der Waals surface area contributed by atoms with Crippen LogP contribution >= 0.6 is 0 Å². The number of hydrogen-bond donors (Lipinski definition) is 1. The molecule has 0 aromatic heterocycles. The molecule has 0 fully saturated rings. The Bertz CT molecular complexity index is 398. The molecule has 0 saturated carbocycles. The number of ether oxygens (including phenoxy) is 1. The molecule has 0 atom stereocenters. The lowest BCUT2D eigenvalue weighted by molar-refractivity contribution is -0.124. The van der Waals surface area contributed by atoms with Gasteiger partial charge in [-0.2, -0.15) is 0 Å². The van der Waals surface area contributed by atoms with Gasteiger partial charge in [-0.05, 0) is 25.5 Å². The summed E-state index contributed by atoms with van der Waals surface area (Å²) < 4.78 is 4.91. The third kappa shape index (κ3) is 4.99. The van der Waals surface area contributed by atoms with Crippen LogP contribution in [0.15, 0.2) is 24.3 Å². The first kappa shape index (κ1) is 14.2. The highest BCUT2D eigenvalue weighted by Crippen LogP contribution is 2.04. The molecule has 0 aliphatic rings. The maximum absolute atomic E-state index is 11.6. The van der Waals surface area contributed by atoms with E-state index in [2.05, 4.69) is 5.32 Å². The summed E-state index contributed by atoms with van der Waals surface area (Å²) >= 11 is 0. The summed E-state index contributed by atoms with van der Waals surface area (Å²) in [6, 6.07) is 7.04. The van der Waals surface area contributed by atoms with Gasteiger partial charge in [0.05, 0.1) is 5.56 Å². The lowest BCUT2D eigenvalue weighted by Crippen LogP contribution is -2.29. The summed E-state index contributed by atoms with van der Waals surface area (Å²) in [5.74, 6) is -0.732. The molecule has 4 nitrogen and oxygen atoms in total. The van der Waals surface area contributed by atoms with E-state index in [1.54, 1.807) is 12.1 Å². The molecule has 1 aromatic carbocycles. The Kier molecular flexibility index (Phi) is 5.91. The van der Waals surface area contributed by atoms with Gasteiger partial charge in [0.25, 0.3) is 5.91 Å². The zero-order valence-electron chi connectivity index (χ0n) is 10.9. The highest BCUT2D eigenvalue weighted by Gasteiger charge is 2.09. The van der Waals surface area contributed by atoms with Crippen LogP contribution in [-0.2, 0) is 9.53 Å². The molecular weight excluding hydrogens is 230 g/mol. The Morgan fingerprint density at radius 2 is 1.89 bits per heavy atom. The number of benzene rings is 1. The second kappa shape index (κ2) is 7.48. The predicted molar refractivity (Wildman–Crippen MR) is 69.4 cm³/mol. The first-order chi connectivity index (χ1) is 8.63. The molecular formula is C14H19NO3. The summed E-state index contributed by atoms with van der Waals surface area (Å²) in [7, 11) is 0. The maximum Gasteiger partial charge on any atom is 0.338 e. The van der Waals surface area contributed by atoms with Crippen LogP contribution < -0.4 is 5.32 Å². The number of carbonyl (C=O) groups is 2. The zero-order valence-corrected chi connectivity index (χ0v) is 10.9. The van der Waals surface area contributed by atoms with Crippen LogP contribution in [0.4, 0.5) is 0 Å². The van der Waals surface area contributed by atoms with Gasteiger partial charge in [-0.25, -0.2) is 4.79 Å². The second-order valence-electron chi connectivity index (χ2n) is 4.15. The molecule has 0 radical (unpaired) electrons. The fourth-order valence-electron chi connectivity index (χ4n) is 1.36. The number of carbonyl (C=O) groups excluding carboxylic acids is 2. The van der Waals surface area contributed by atoms with Crippen molar-refractivity contribution in [1.29, 1.82) is 0 Å². The monoisotopic (exact) mass is 249 g/mol. The van der Waals surface area contributed by atoms with E-state index in [1.807, 2.05) is 26.0 Å². The Morgan fingerprint density at radius 3 is 2.50 bits per heavy atom. The number of amides is 1. The fraction of sp³-hybridized carbons (Fsp3) is 0.429. The molecule has 0 heterocycles. The molecule has 0 bridgehead atoms. The van der Waals surface area contributed by atoms with E-state index in [1.165, 1.54) is 0 Å². The van der Waals surface area contributed by atoms with E-state index < -0.39 is 5.97 Å². The predicted octanol–water partition coefficient (Wildman–Crippen LogP) is 2.07. The van der Waals surface area contributed by atoms with Crippen molar-refractivity contribution in [2.45, 2.75) is 26.7 Å². The zero-order chi connectivity index (χ0) is 13.4. The fourth-order valence-corrected chi connectivity index (χ4v) is 1.36. The summed E-state index contributed by atoms with van der Waals surface area (Å²) in [4.78, 5) is 22.9. The van der Waals surface area contributed by atoms with E-state index in [0.29, 0.717) is 12.1 Å². The average molecular weight is 249 g/mol. The van der Waals surface area contributed by atoms with Crippen molar-refractivity contribution in [2.24, 2.45) is 0 Å². The van der Waals surface area contributed by atoms with Gasteiger partial charge in [-0.15, -0.1) is 0 Å². The lowest BCUT2D eigenvalue weighted by Gasteiger charge is -2.06. The van der Waals surface area contributed by atoms with Crippen molar-refractivity contribution in [3.63, 3.8) is 0 Å². The molecule has 0 saturated heterocycles. The summed E-state index contributed by atoms with van der Waals surface area (Å²) in [5.41, 5.74) is 1.53. The number of hydrogen-bond acceptors (Lipinski definition) is 3. The van der Waals surface area contributed by atoms with Crippen molar-refractivity contribution >= 4 is 11.9 Å². The normalized spacial score (nSPS) is 9.89. The van der Waals surface area contributed by atoms with Gasteiger partial charge in [-0.3, -0.25) is 4.79 Å². The smallest absolute Gasteiger partial charge is 0.338 e. The van der Waals surface area contributed by atoms with E-state index in [4.69, 9.17) is 4.74 Å². The Morgan fingerprint density at radius 1 is 1.22 bits per heavy atom. The minimum atomic E-state index is -0.472. The third-order valence-corrected chi connectivity index (χ3v) is 2.47. The van der Waals surface area contributed by atoms with Gasteiger partial charge in [-0.1, -0.05) is 31.0 Å². The number of nitrogens with one attached hydrogen (secondary N) is 1. The lowest BCUT2D eigenvalue weighted by atomic mass is 10.1. The van der Waals surface area contributed by atoms with Gasteiger partial charge < -0.3 is 10.1 Å². The molecule has 1 amide bonds. The first-order valence-corrected chi connectivity index (χ1v) is 6.14. The molecule has 0 aliphatic carbocycles. The van der Waals surface area contributed by atoms with Crippen LogP contribution in [0.5, 0.6) is 0 Å². The van der Waals surface area contributed by atoms with Crippen molar-refractivity contribution < 1.29 is 14.3 Å². The number of unbranched alkanes of at least 4 members (excludes halogenated alkanes) is 1. The average Bonchev–Trinajstić information content (AvgIpc) is 2.37. The third-order valence-electron chi connectivity index (χ3n) is 2.47. The quantitative estimate of drug-likeness (QED) is 0.620. The van der Waals surface area contributed by atoms with Crippen molar-refractivity contribution in [3.05, 3.63) is 35.4 Å². The van der Waals surface area contributed by atoms with Gasteiger partial charge in [0.2, 0.25) is 0 Å². The highest BCUT2D eigenvalue weighted by atomic mass is 16.5. The van der Waals surface area contributed by atoms with E-state index in [0.717, 1.165) is 18.4 Å². The van der Waals surface area contributed by atoms with E-state index >= 15 is 0 Å². The molecule has 0 aliphatic heterocycles. The van der Waals surface area contributed by atoms with Crippen LogP contribution in [-0.4, -0.2) is 25.0 Å². The largest absolute Gasteiger partial charge is 0.452 e. The van der Waals surface area contributed by atoms with Gasteiger partial charge in [0.15, 0.2) is 6.61 Å². The second-order valence-corrected chi connectivity index (χ2v) is 4.15. The Labute approximate surface area is 107 Å². The highest BCUT2D eigenvalue weighted by molar-refractivity contribution is 5.91. The molecule has 4 heteroatoms. The van der Waals surface area contributed by atoms with E-state index in [9.17, 15) is 9.59 Å². The van der Waals surface area contributed by atoms with Crippen LogP contribution in [0.2, 0.25) is 0 Å². The molecule has 98 valence electrons. The van der Waals surface area contributed by atoms with Crippen molar-refractivity contribution in [2.75, 3.05) is 13.2 Å². The van der Waals surface area contributed by atoms with Crippen molar-refractivity contribution in [3.8, 4) is 0 Å². The minimum Gasteiger partial charge on any atom is -0.452 e. The van der Waals surface area contributed by atoms with Gasteiger partial charge in [0, 0.05) is 6.54 Å². The summed E-state index contributed by atoms with van der Waals surface area (Å²) in [5, 5.41) is 2.68. The molecule has 0 unspecified atom stereocenters. The van der Waals surface area contributed by atoms with Gasteiger partial charge in [0.1, 0.15) is 0 Å². The molecule has 1 aromatic rings. The minimum absolute atomic E-state index is 0.226. The van der Waals surface area contributed by atoms with Crippen molar-refractivity contribution in [1.82, 2.24) is 5.32 Å². The SMILES string of the molecule is CCCCNC(=O)COC(=O)c1ccc(C)cc1. The number of aryl methyl sites for hydroxylation is 1. The maximum atomic E-state index is 11.6. The summed E-state index contributed by atoms with van der Waals surface area (Å²) in [6.07, 6.45) is 1.95. The molecule has 1 rings (SSSR count). The van der Waals surface area contributed by atoms with Gasteiger partial charge >= 0.3 is 5.97 Å². The Hall–Kier alpha value is -1.84. The first-order valence-electron chi connectivity index (χ1n) is 6.14. The number of rotatable bonds is 6. The standard InChI is InChI=1S/C14H19NO3/c1-3-4-9-15-13(16)10-18-14(17)12-7-5-11(2)6-8-12/h5-8H,3-4,9-10H2,1-2H3,(H,15,16). The van der Waals surface area contributed by atoms with Crippen LogP contribution in [0.1, 0.15) is 35.7 Å². The number of esters is 1. The topological polar surface area (TPSA) is 55.4 Å².